The highest BCUT2D eigenvalue weighted by Gasteiger charge is 2.54. The molecule has 0 aliphatic carbocycles. The molecule has 1 atom stereocenters. The number of hydrogen-bond donors (Lipinski definition) is 3. The Morgan fingerprint density at radius 2 is 1.68 bits per heavy atom. The minimum Gasteiger partial charge on any atom is -0.349 e. The maximum atomic E-state index is 14.0. The Morgan fingerprint density at radius 1 is 1.00 bits per heavy atom. The van der Waals surface area contributed by atoms with Crippen LogP contribution in [0.5, 0.6) is 0 Å². The van der Waals surface area contributed by atoms with Gasteiger partial charge in [0.15, 0.2) is 5.54 Å². The average Bonchev–Trinajstić information content (AvgIpc) is 3.42. The van der Waals surface area contributed by atoms with Gasteiger partial charge in [0.1, 0.15) is 16.4 Å². The Bertz CT molecular complexity index is 1390. The molecule has 194 valence electrons. The number of aromatic nitrogens is 1. The summed E-state index contributed by atoms with van der Waals surface area (Å²) in [6, 6.07) is 5.37. The number of rotatable bonds is 5. The van der Waals surface area contributed by atoms with E-state index in [2.05, 4.69) is 15.6 Å². The first-order chi connectivity index (χ1) is 17.2. The molecule has 4 rings (SSSR count). The quantitative estimate of drug-likeness (QED) is 0.325. The SMILES string of the molecule is O=C1NC(=O)[C@@](CNC(=O)c2cc(F)ccc2-c2ccc(C(F)(F)F)cc2)(c2ncsc2C(F)(F)F)N1. The molecule has 37 heavy (non-hydrogen) atoms. The second kappa shape index (κ2) is 9.14. The van der Waals surface area contributed by atoms with Crippen molar-refractivity contribution in [2.75, 3.05) is 6.54 Å². The summed E-state index contributed by atoms with van der Waals surface area (Å²) in [4.78, 5) is 39.7. The molecule has 15 heteroatoms. The number of amides is 4. The van der Waals surface area contributed by atoms with Gasteiger partial charge in [-0.1, -0.05) is 18.2 Å². The van der Waals surface area contributed by atoms with Crippen LogP contribution in [0, 0.1) is 5.82 Å². The summed E-state index contributed by atoms with van der Waals surface area (Å²) in [5.41, 5.74) is -3.69. The minimum atomic E-state index is -4.93. The van der Waals surface area contributed by atoms with Crippen LogP contribution in [0.25, 0.3) is 11.1 Å². The highest BCUT2D eigenvalue weighted by atomic mass is 32.1. The van der Waals surface area contributed by atoms with Crippen LogP contribution in [0.15, 0.2) is 48.0 Å². The first-order valence-corrected chi connectivity index (χ1v) is 11.0. The standard InChI is InChI=1S/C22H13F7N4O3S/c23-12-5-6-13(10-1-3-11(4-2-10)21(24,25)26)14(7-12)17(34)30-8-20(18(35)32-19(36)33-20)15-16(22(27,28)29)37-9-31-15/h1-7,9H,8H2,(H,30,34)(H2,32,33,35,36)/t20-/m1/s1. The van der Waals surface area contributed by atoms with E-state index in [1.54, 1.807) is 0 Å². The van der Waals surface area contributed by atoms with E-state index in [0.717, 1.165) is 48.0 Å². The summed E-state index contributed by atoms with van der Waals surface area (Å²) in [7, 11) is 0. The van der Waals surface area contributed by atoms with Crippen molar-refractivity contribution < 1.29 is 45.1 Å². The molecule has 0 spiro atoms. The first kappa shape index (κ1) is 26.1. The minimum absolute atomic E-state index is 0.00576. The van der Waals surface area contributed by atoms with Crippen LogP contribution in [0.3, 0.4) is 0 Å². The monoisotopic (exact) mass is 546 g/mol. The van der Waals surface area contributed by atoms with Crippen molar-refractivity contribution in [2.45, 2.75) is 17.9 Å². The second-order valence-corrected chi connectivity index (χ2v) is 8.64. The third kappa shape index (κ3) is 4.98. The van der Waals surface area contributed by atoms with Gasteiger partial charge in [0.2, 0.25) is 0 Å². The molecule has 0 unspecified atom stereocenters. The van der Waals surface area contributed by atoms with Gasteiger partial charge in [0, 0.05) is 0 Å². The number of benzene rings is 2. The van der Waals surface area contributed by atoms with Gasteiger partial charge in [-0.05, 0) is 35.4 Å². The van der Waals surface area contributed by atoms with E-state index in [9.17, 15) is 45.1 Å². The van der Waals surface area contributed by atoms with E-state index < -0.39 is 64.2 Å². The molecule has 1 aliphatic heterocycles. The molecule has 0 radical (unpaired) electrons. The van der Waals surface area contributed by atoms with Crippen molar-refractivity contribution in [3.8, 4) is 11.1 Å². The van der Waals surface area contributed by atoms with Gasteiger partial charge in [-0.25, -0.2) is 14.2 Å². The highest BCUT2D eigenvalue weighted by Crippen LogP contribution is 2.40. The molecule has 7 nitrogen and oxygen atoms in total. The summed E-state index contributed by atoms with van der Waals surface area (Å²) in [6.07, 6.45) is -9.55. The number of urea groups is 1. The number of halogens is 7. The predicted molar refractivity (Wildman–Crippen MR) is 115 cm³/mol. The molecule has 0 bridgehead atoms. The van der Waals surface area contributed by atoms with Crippen LogP contribution >= 0.6 is 11.3 Å². The van der Waals surface area contributed by atoms with Crippen LogP contribution in [0.1, 0.15) is 26.5 Å². The fourth-order valence-corrected chi connectivity index (χ4v) is 4.46. The second-order valence-electron chi connectivity index (χ2n) is 7.79. The van der Waals surface area contributed by atoms with Crippen molar-refractivity contribution in [2.24, 2.45) is 0 Å². The molecule has 4 amide bonds. The van der Waals surface area contributed by atoms with E-state index in [0.29, 0.717) is 0 Å². The van der Waals surface area contributed by atoms with Gasteiger partial charge in [0.05, 0.1) is 23.2 Å². The molecule has 1 saturated heterocycles. The van der Waals surface area contributed by atoms with Gasteiger partial charge in [-0.2, -0.15) is 26.3 Å². The molecule has 3 N–H and O–H groups in total. The summed E-state index contributed by atoms with van der Waals surface area (Å²) >= 11 is 0.170. The van der Waals surface area contributed by atoms with Gasteiger partial charge in [-0.3, -0.25) is 14.9 Å². The Kier molecular flexibility index (Phi) is 6.44. The van der Waals surface area contributed by atoms with E-state index in [-0.39, 0.29) is 28.0 Å². The van der Waals surface area contributed by atoms with Crippen molar-refractivity contribution in [3.05, 3.63) is 75.5 Å². The zero-order valence-corrected chi connectivity index (χ0v) is 18.9. The lowest BCUT2D eigenvalue weighted by Crippen LogP contribution is -2.53. The van der Waals surface area contributed by atoms with E-state index in [1.165, 1.54) is 0 Å². The Morgan fingerprint density at radius 3 is 2.24 bits per heavy atom. The molecule has 2 heterocycles. The maximum absolute atomic E-state index is 14.0. The summed E-state index contributed by atoms with van der Waals surface area (Å²) < 4.78 is 93.2. The Hall–Kier alpha value is -4.01. The van der Waals surface area contributed by atoms with Gasteiger partial charge in [0.25, 0.3) is 11.8 Å². The number of imide groups is 1. The molecule has 1 aliphatic rings. The zero-order valence-electron chi connectivity index (χ0n) is 18.1. The van der Waals surface area contributed by atoms with Crippen LogP contribution in [-0.4, -0.2) is 29.4 Å². The average molecular weight is 546 g/mol. The van der Waals surface area contributed by atoms with E-state index >= 15 is 0 Å². The topological polar surface area (TPSA) is 100 Å². The fraction of sp³-hybridized carbons (Fsp3) is 0.182. The number of carbonyl (C=O) groups is 3. The van der Waals surface area contributed by atoms with Crippen molar-refractivity contribution in [1.29, 1.82) is 0 Å². The van der Waals surface area contributed by atoms with E-state index in [4.69, 9.17) is 0 Å². The number of alkyl halides is 6. The first-order valence-electron chi connectivity index (χ1n) is 10.1. The largest absolute Gasteiger partial charge is 0.427 e. The maximum Gasteiger partial charge on any atom is 0.427 e. The third-order valence-corrected chi connectivity index (χ3v) is 6.31. The highest BCUT2D eigenvalue weighted by molar-refractivity contribution is 7.09. The van der Waals surface area contributed by atoms with E-state index in [1.807, 2.05) is 5.32 Å². The Labute approximate surface area is 206 Å². The Balaban J connectivity index is 1.68. The summed E-state index contributed by atoms with van der Waals surface area (Å²) in [5, 5.41) is 6.08. The summed E-state index contributed by atoms with van der Waals surface area (Å²) in [6.45, 7) is -0.904. The predicted octanol–water partition coefficient (Wildman–Crippen LogP) is 4.45. The molecule has 0 saturated carbocycles. The van der Waals surface area contributed by atoms with Gasteiger partial charge in [-0.15, -0.1) is 11.3 Å². The van der Waals surface area contributed by atoms with Gasteiger partial charge < -0.3 is 10.6 Å². The number of carbonyl (C=O) groups excluding carboxylic acids is 3. The van der Waals surface area contributed by atoms with Crippen molar-refractivity contribution in [1.82, 2.24) is 20.9 Å². The zero-order chi connectivity index (χ0) is 27.2. The molecule has 3 aromatic rings. The summed E-state index contributed by atoms with van der Waals surface area (Å²) in [5.74, 6) is -3.18. The lowest BCUT2D eigenvalue weighted by Gasteiger charge is -2.26. The molecule has 1 fully saturated rings. The van der Waals surface area contributed by atoms with Crippen LogP contribution in [0.2, 0.25) is 0 Å². The molecular formula is C22H13F7N4O3S. The fourth-order valence-electron chi connectivity index (χ4n) is 3.72. The smallest absolute Gasteiger partial charge is 0.349 e. The van der Waals surface area contributed by atoms with Crippen molar-refractivity contribution in [3.63, 3.8) is 0 Å². The van der Waals surface area contributed by atoms with Crippen LogP contribution in [0.4, 0.5) is 35.5 Å². The molecular weight excluding hydrogens is 533 g/mol. The van der Waals surface area contributed by atoms with Crippen LogP contribution < -0.4 is 16.0 Å². The number of nitrogens with one attached hydrogen (secondary N) is 3. The number of nitrogens with zero attached hydrogens (tertiary/aromatic N) is 1. The number of thiazole rings is 1. The lowest BCUT2D eigenvalue weighted by molar-refractivity contribution is -0.138. The van der Waals surface area contributed by atoms with Crippen molar-refractivity contribution >= 4 is 29.2 Å². The number of hydrogen-bond acceptors (Lipinski definition) is 5. The van der Waals surface area contributed by atoms with Gasteiger partial charge >= 0.3 is 18.4 Å². The molecule has 2 aromatic carbocycles. The normalized spacial score (nSPS) is 17.9. The molecule has 1 aromatic heterocycles. The van der Waals surface area contributed by atoms with Crippen LogP contribution in [-0.2, 0) is 22.7 Å². The third-order valence-electron chi connectivity index (χ3n) is 5.43. The lowest BCUT2D eigenvalue weighted by atomic mass is 9.93.